The van der Waals surface area contributed by atoms with Gasteiger partial charge < -0.3 is 14.3 Å². The molecule has 7 heteroatoms. The number of H-pyrrole nitrogens is 1. The molecule has 29 heavy (non-hydrogen) atoms. The lowest BCUT2D eigenvalue weighted by Gasteiger charge is -2.35. The Bertz CT molecular complexity index is 1180. The van der Waals surface area contributed by atoms with Crippen LogP contribution >= 0.6 is 11.8 Å². The van der Waals surface area contributed by atoms with Gasteiger partial charge in [-0.2, -0.15) is 0 Å². The molecule has 0 radical (unpaired) electrons. The van der Waals surface area contributed by atoms with Gasteiger partial charge in [-0.15, -0.1) is 10.2 Å². The zero-order chi connectivity index (χ0) is 19.8. The second kappa shape index (κ2) is 7.40. The monoisotopic (exact) mass is 404 g/mol. The lowest BCUT2D eigenvalue weighted by molar-refractivity contribution is -0.116. The maximum absolute atomic E-state index is 13.0. The number of nitrogens with zero attached hydrogens (tertiary/aromatic N) is 3. The first-order chi connectivity index (χ1) is 14.2. The number of amides is 1. The Morgan fingerprint density at radius 2 is 2.03 bits per heavy atom. The molecule has 146 valence electrons. The summed E-state index contributed by atoms with van der Waals surface area (Å²) in [7, 11) is 0. The van der Waals surface area contributed by atoms with Gasteiger partial charge in [0, 0.05) is 28.8 Å². The Morgan fingerprint density at radius 3 is 2.97 bits per heavy atom. The highest BCUT2D eigenvalue weighted by atomic mass is 32.2. The predicted octanol–water partition coefficient (Wildman–Crippen LogP) is 4.68. The molecule has 1 aliphatic rings. The van der Waals surface area contributed by atoms with E-state index in [1.165, 1.54) is 17.3 Å². The molecule has 4 aromatic rings. The molecule has 2 aromatic heterocycles. The molecule has 1 unspecified atom stereocenters. The third-order valence-electron chi connectivity index (χ3n) is 5.34. The van der Waals surface area contributed by atoms with Gasteiger partial charge in [-0.05, 0) is 37.5 Å². The Balaban J connectivity index is 1.32. The summed E-state index contributed by atoms with van der Waals surface area (Å²) < 4.78 is 5.82. The van der Waals surface area contributed by atoms with Crippen LogP contribution in [0.15, 0.2) is 64.4 Å². The Morgan fingerprint density at radius 1 is 1.21 bits per heavy atom. The third kappa shape index (κ3) is 3.31. The van der Waals surface area contributed by atoms with E-state index in [9.17, 15) is 4.79 Å². The Kier molecular flexibility index (Phi) is 4.60. The van der Waals surface area contributed by atoms with Crippen molar-refractivity contribution in [3.63, 3.8) is 0 Å². The van der Waals surface area contributed by atoms with E-state index in [2.05, 4.69) is 28.2 Å². The molecule has 1 atom stereocenters. The standard InChI is InChI=1S/C22H20N4O2S/c1-14-10-11-15-6-2-5-9-19(15)26(14)20(27)13-29-22-25-24-21(28-22)17-12-23-18-8-4-3-7-16(17)18/h2-9,12,14,23H,10-11,13H2,1H3. The van der Waals surface area contributed by atoms with Crippen molar-refractivity contribution in [2.24, 2.45) is 0 Å². The van der Waals surface area contributed by atoms with Gasteiger partial charge in [0.1, 0.15) is 0 Å². The van der Waals surface area contributed by atoms with E-state index in [0.29, 0.717) is 11.1 Å². The van der Waals surface area contributed by atoms with Gasteiger partial charge in [-0.1, -0.05) is 48.2 Å². The summed E-state index contributed by atoms with van der Waals surface area (Å²) >= 11 is 1.28. The number of benzene rings is 2. The SMILES string of the molecule is CC1CCc2ccccc2N1C(=O)CSc1nnc(-c2c[nH]c3ccccc23)o1. The molecule has 6 nitrogen and oxygen atoms in total. The van der Waals surface area contributed by atoms with Crippen molar-refractivity contribution in [2.75, 3.05) is 10.7 Å². The molecular weight excluding hydrogens is 384 g/mol. The zero-order valence-corrected chi connectivity index (χ0v) is 16.8. The van der Waals surface area contributed by atoms with Crippen LogP contribution in [0.4, 0.5) is 5.69 Å². The van der Waals surface area contributed by atoms with Gasteiger partial charge >= 0.3 is 0 Å². The van der Waals surface area contributed by atoms with Crippen LogP contribution in [0.5, 0.6) is 0 Å². The van der Waals surface area contributed by atoms with Crippen molar-refractivity contribution in [3.05, 3.63) is 60.3 Å². The fraction of sp³-hybridized carbons (Fsp3) is 0.227. The molecule has 5 rings (SSSR count). The minimum atomic E-state index is 0.0569. The number of hydrogen-bond donors (Lipinski definition) is 1. The van der Waals surface area contributed by atoms with Crippen LogP contribution < -0.4 is 4.90 Å². The molecule has 0 aliphatic carbocycles. The topological polar surface area (TPSA) is 75.0 Å². The number of nitrogens with one attached hydrogen (secondary N) is 1. The molecular formula is C22H20N4O2S. The number of anilines is 1. The van der Waals surface area contributed by atoms with E-state index in [1.807, 2.05) is 53.6 Å². The summed E-state index contributed by atoms with van der Waals surface area (Å²) in [5.41, 5.74) is 4.12. The number of carbonyl (C=O) groups is 1. The van der Waals surface area contributed by atoms with Gasteiger partial charge in [0.2, 0.25) is 5.91 Å². The number of aromatic amines is 1. The third-order valence-corrected chi connectivity index (χ3v) is 6.14. The van der Waals surface area contributed by atoms with E-state index in [-0.39, 0.29) is 17.7 Å². The summed E-state index contributed by atoms with van der Waals surface area (Å²) in [4.78, 5) is 18.1. The highest BCUT2D eigenvalue weighted by Gasteiger charge is 2.28. The van der Waals surface area contributed by atoms with Gasteiger partial charge in [0.25, 0.3) is 11.1 Å². The van der Waals surface area contributed by atoms with Crippen molar-refractivity contribution >= 4 is 34.3 Å². The normalized spacial score (nSPS) is 16.2. The highest BCUT2D eigenvalue weighted by Crippen LogP contribution is 2.32. The average Bonchev–Trinajstić information content (AvgIpc) is 3.38. The molecule has 0 fully saturated rings. The number of fused-ring (bicyclic) bond motifs is 2. The van der Waals surface area contributed by atoms with Gasteiger partial charge in [0.05, 0.1) is 11.3 Å². The van der Waals surface area contributed by atoms with Gasteiger partial charge in [-0.3, -0.25) is 4.79 Å². The molecule has 0 spiro atoms. The number of para-hydroxylation sites is 2. The fourth-order valence-electron chi connectivity index (χ4n) is 3.89. The second-order valence-electron chi connectivity index (χ2n) is 7.19. The molecule has 3 heterocycles. The van der Waals surface area contributed by atoms with Crippen LogP contribution in [-0.4, -0.2) is 32.9 Å². The maximum atomic E-state index is 13.0. The number of hydrogen-bond acceptors (Lipinski definition) is 5. The second-order valence-corrected chi connectivity index (χ2v) is 8.12. The first kappa shape index (κ1) is 18.0. The van der Waals surface area contributed by atoms with Crippen molar-refractivity contribution < 1.29 is 9.21 Å². The number of aromatic nitrogens is 3. The first-order valence-corrected chi connectivity index (χ1v) is 10.6. The molecule has 2 aromatic carbocycles. The molecule has 1 aliphatic heterocycles. The number of rotatable bonds is 4. The van der Waals surface area contributed by atoms with Crippen molar-refractivity contribution in [1.82, 2.24) is 15.2 Å². The smallest absolute Gasteiger partial charge is 0.277 e. The summed E-state index contributed by atoms with van der Waals surface area (Å²) in [6.07, 6.45) is 3.84. The summed E-state index contributed by atoms with van der Waals surface area (Å²) in [6, 6.07) is 16.3. The van der Waals surface area contributed by atoms with Crippen LogP contribution in [0.2, 0.25) is 0 Å². The lowest BCUT2D eigenvalue weighted by Crippen LogP contribution is -2.43. The fourth-order valence-corrected chi connectivity index (χ4v) is 4.51. The van der Waals surface area contributed by atoms with Crippen LogP contribution in [0.1, 0.15) is 18.9 Å². The first-order valence-electron chi connectivity index (χ1n) is 9.63. The van der Waals surface area contributed by atoms with Crippen molar-refractivity contribution in [3.8, 4) is 11.5 Å². The van der Waals surface area contributed by atoms with Crippen LogP contribution in [0.25, 0.3) is 22.4 Å². The minimum Gasteiger partial charge on any atom is -0.411 e. The van der Waals surface area contributed by atoms with Crippen LogP contribution in [-0.2, 0) is 11.2 Å². The largest absolute Gasteiger partial charge is 0.411 e. The highest BCUT2D eigenvalue weighted by molar-refractivity contribution is 7.99. The minimum absolute atomic E-state index is 0.0569. The summed E-state index contributed by atoms with van der Waals surface area (Å²) in [6.45, 7) is 2.10. The quantitative estimate of drug-likeness (QED) is 0.500. The Hall–Kier alpha value is -3.06. The Labute approximate surface area is 172 Å². The number of thioether (sulfide) groups is 1. The summed E-state index contributed by atoms with van der Waals surface area (Å²) in [5.74, 6) is 0.768. The number of aryl methyl sites for hydroxylation is 1. The summed E-state index contributed by atoms with van der Waals surface area (Å²) in [5, 5.41) is 9.72. The van der Waals surface area contributed by atoms with E-state index in [4.69, 9.17) is 4.42 Å². The molecule has 1 amide bonds. The lowest BCUT2D eigenvalue weighted by atomic mass is 9.97. The van der Waals surface area contributed by atoms with E-state index < -0.39 is 0 Å². The van der Waals surface area contributed by atoms with Crippen LogP contribution in [0, 0.1) is 0 Å². The molecule has 0 saturated carbocycles. The van der Waals surface area contributed by atoms with Crippen molar-refractivity contribution in [1.29, 1.82) is 0 Å². The van der Waals surface area contributed by atoms with E-state index >= 15 is 0 Å². The van der Waals surface area contributed by atoms with E-state index in [1.54, 1.807) is 0 Å². The maximum Gasteiger partial charge on any atom is 0.277 e. The van der Waals surface area contributed by atoms with Gasteiger partial charge in [0.15, 0.2) is 0 Å². The average molecular weight is 404 g/mol. The van der Waals surface area contributed by atoms with E-state index in [0.717, 1.165) is 35.0 Å². The predicted molar refractivity (Wildman–Crippen MR) is 114 cm³/mol. The van der Waals surface area contributed by atoms with Crippen molar-refractivity contribution in [2.45, 2.75) is 31.0 Å². The number of carbonyl (C=O) groups excluding carboxylic acids is 1. The molecule has 0 saturated heterocycles. The zero-order valence-electron chi connectivity index (χ0n) is 16.0. The van der Waals surface area contributed by atoms with Crippen LogP contribution in [0.3, 0.4) is 0 Å². The molecule has 1 N–H and O–H groups in total. The van der Waals surface area contributed by atoms with Gasteiger partial charge in [-0.25, -0.2) is 0 Å². The molecule has 0 bridgehead atoms.